The first kappa shape index (κ1) is 12.7. The van der Waals surface area contributed by atoms with E-state index in [4.69, 9.17) is 14.6 Å². The molecule has 0 aliphatic heterocycles. The quantitative estimate of drug-likeness (QED) is 0.677. The topological polar surface area (TPSA) is 82.7 Å². The second kappa shape index (κ2) is 5.67. The Labute approximate surface area is 94.1 Å². The molecule has 1 unspecified atom stereocenters. The van der Waals surface area contributed by atoms with Gasteiger partial charge in [0.15, 0.2) is 0 Å². The lowest BCUT2D eigenvalue weighted by Crippen LogP contribution is -2.36. The summed E-state index contributed by atoms with van der Waals surface area (Å²) < 4.78 is 5.08. The number of aliphatic hydroxyl groups excluding tert-OH is 1. The number of hydrogen-bond donors (Lipinski definition) is 3. The van der Waals surface area contributed by atoms with Gasteiger partial charge in [-0.3, -0.25) is 0 Å². The molecule has 0 aromatic carbocycles. The van der Waals surface area contributed by atoms with Crippen molar-refractivity contribution in [1.29, 1.82) is 0 Å². The van der Waals surface area contributed by atoms with Crippen molar-refractivity contribution in [3.8, 4) is 0 Å². The molecule has 0 saturated carbocycles. The standard InChI is InChI=1S/C11H17NO4/c1-7(2)9(6-13)12-5-10-8(11(14)15)3-4-16-10/h3-4,7,9,12-13H,5-6H2,1-2H3,(H,14,15). The van der Waals surface area contributed by atoms with Crippen LogP contribution in [0.2, 0.25) is 0 Å². The largest absolute Gasteiger partial charge is 0.478 e. The molecule has 0 bridgehead atoms. The summed E-state index contributed by atoms with van der Waals surface area (Å²) in [5, 5.41) is 21.0. The number of nitrogens with one attached hydrogen (secondary N) is 1. The summed E-state index contributed by atoms with van der Waals surface area (Å²) in [5.74, 6) is -0.351. The van der Waals surface area contributed by atoms with Crippen LogP contribution in [0.15, 0.2) is 16.7 Å². The number of furan rings is 1. The molecule has 1 rings (SSSR count). The molecule has 0 spiro atoms. The number of rotatable bonds is 6. The van der Waals surface area contributed by atoms with Gasteiger partial charge in [0.25, 0.3) is 0 Å². The molecule has 90 valence electrons. The second-order valence-electron chi connectivity index (χ2n) is 3.98. The SMILES string of the molecule is CC(C)C(CO)NCc1occc1C(=O)O. The molecule has 5 heteroatoms. The third-order valence-corrected chi connectivity index (χ3v) is 2.50. The van der Waals surface area contributed by atoms with Gasteiger partial charge in [-0.1, -0.05) is 13.8 Å². The predicted octanol–water partition coefficient (Wildman–Crippen LogP) is 1.08. The molecule has 3 N–H and O–H groups in total. The van der Waals surface area contributed by atoms with Crippen molar-refractivity contribution in [1.82, 2.24) is 5.32 Å². The molecule has 1 aromatic heterocycles. The normalized spacial score (nSPS) is 13.0. The van der Waals surface area contributed by atoms with E-state index in [1.54, 1.807) is 0 Å². The van der Waals surface area contributed by atoms with Gasteiger partial charge < -0.3 is 19.9 Å². The molecule has 0 radical (unpaired) electrons. The molecule has 1 heterocycles. The van der Waals surface area contributed by atoms with Crippen molar-refractivity contribution in [2.24, 2.45) is 5.92 Å². The summed E-state index contributed by atoms with van der Waals surface area (Å²) in [5.41, 5.74) is 0.160. The summed E-state index contributed by atoms with van der Waals surface area (Å²) in [6, 6.07) is 1.36. The number of aliphatic hydroxyl groups is 1. The molecule has 5 nitrogen and oxygen atoms in total. The molecule has 0 fully saturated rings. The lowest BCUT2D eigenvalue weighted by molar-refractivity contribution is 0.0694. The predicted molar refractivity (Wildman–Crippen MR) is 58.2 cm³/mol. The van der Waals surface area contributed by atoms with Crippen molar-refractivity contribution in [3.63, 3.8) is 0 Å². The summed E-state index contributed by atoms with van der Waals surface area (Å²) in [6.07, 6.45) is 1.35. The zero-order valence-electron chi connectivity index (χ0n) is 9.43. The minimum Gasteiger partial charge on any atom is -0.478 e. The fourth-order valence-electron chi connectivity index (χ4n) is 1.40. The summed E-state index contributed by atoms with van der Waals surface area (Å²) in [7, 11) is 0. The van der Waals surface area contributed by atoms with Crippen LogP contribution >= 0.6 is 0 Å². The molecule has 0 saturated heterocycles. The Hall–Kier alpha value is -1.33. The van der Waals surface area contributed by atoms with E-state index in [0.717, 1.165) is 0 Å². The Bertz CT molecular complexity index is 346. The first-order valence-electron chi connectivity index (χ1n) is 5.20. The summed E-state index contributed by atoms with van der Waals surface area (Å²) >= 11 is 0. The van der Waals surface area contributed by atoms with E-state index in [9.17, 15) is 4.79 Å². The van der Waals surface area contributed by atoms with Crippen LogP contribution in [0.4, 0.5) is 0 Å². The Kier molecular flexibility index (Phi) is 4.52. The van der Waals surface area contributed by atoms with Crippen molar-refractivity contribution in [2.45, 2.75) is 26.4 Å². The average molecular weight is 227 g/mol. The third-order valence-electron chi connectivity index (χ3n) is 2.50. The monoisotopic (exact) mass is 227 g/mol. The van der Waals surface area contributed by atoms with E-state index in [2.05, 4.69) is 5.32 Å². The first-order chi connectivity index (χ1) is 7.56. The van der Waals surface area contributed by atoms with Crippen LogP contribution in [0.3, 0.4) is 0 Å². The van der Waals surface area contributed by atoms with Gasteiger partial charge in [-0.25, -0.2) is 4.79 Å². The van der Waals surface area contributed by atoms with Crippen LogP contribution in [-0.4, -0.2) is 28.8 Å². The Balaban J connectivity index is 2.60. The molecule has 16 heavy (non-hydrogen) atoms. The van der Waals surface area contributed by atoms with Crippen molar-refractivity contribution >= 4 is 5.97 Å². The van der Waals surface area contributed by atoms with Gasteiger partial charge in [0.1, 0.15) is 11.3 Å². The van der Waals surface area contributed by atoms with Gasteiger partial charge in [-0.05, 0) is 12.0 Å². The Morgan fingerprint density at radius 1 is 1.56 bits per heavy atom. The van der Waals surface area contributed by atoms with Crippen LogP contribution in [0.1, 0.15) is 30.0 Å². The second-order valence-corrected chi connectivity index (χ2v) is 3.98. The fourth-order valence-corrected chi connectivity index (χ4v) is 1.40. The maximum Gasteiger partial charge on any atom is 0.339 e. The molecule has 0 amide bonds. The highest BCUT2D eigenvalue weighted by Gasteiger charge is 2.16. The summed E-state index contributed by atoms with van der Waals surface area (Å²) in [4.78, 5) is 10.8. The number of aromatic carboxylic acids is 1. The average Bonchev–Trinajstić information content (AvgIpc) is 2.66. The van der Waals surface area contributed by atoms with E-state index in [0.29, 0.717) is 12.3 Å². The van der Waals surface area contributed by atoms with Gasteiger partial charge >= 0.3 is 5.97 Å². The molecular formula is C11H17NO4. The van der Waals surface area contributed by atoms with Crippen molar-refractivity contribution < 1.29 is 19.4 Å². The van der Waals surface area contributed by atoms with Crippen LogP contribution in [0.25, 0.3) is 0 Å². The number of carboxylic acids is 1. The zero-order chi connectivity index (χ0) is 12.1. The maximum atomic E-state index is 10.8. The molecule has 0 aliphatic carbocycles. The van der Waals surface area contributed by atoms with Crippen LogP contribution in [0, 0.1) is 5.92 Å². The number of carboxylic acid groups (broad SMARTS) is 1. The van der Waals surface area contributed by atoms with E-state index >= 15 is 0 Å². The number of carbonyl (C=O) groups is 1. The third kappa shape index (κ3) is 3.08. The van der Waals surface area contributed by atoms with E-state index in [1.807, 2.05) is 13.8 Å². The lowest BCUT2D eigenvalue weighted by atomic mass is 10.1. The number of hydrogen-bond acceptors (Lipinski definition) is 4. The molecule has 1 aromatic rings. The van der Waals surface area contributed by atoms with E-state index in [1.165, 1.54) is 12.3 Å². The van der Waals surface area contributed by atoms with Gasteiger partial charge in [0, 0.05) is 6.04 Å². The summed E-state index contributed by atoms with van der Waals surface area (Å²) in [6.45, 7) is 4.28. The van der Waals surface area contributed by atoms with Crippen LogP contribution < -0.4 is 5.32 Å². The maximum absolute atomic E-state index is 10.8. The van der Waals surface area contributed by atoms with Gasteiger partial charge in [0.2, 0.25) is 0 Å². The van der Waals surface area contributed by atoms with Gasteiger partial charge in [0.05, 0.1) is 19.4 Å². The Morgan fingerprint density at radius 2 is 2.25 bits per heavy atom. The van der Waals surface area contributed by atoms with Crippen LogP contribution in [-0.2, 0) is 6.54 Å². The Morgan fingerprint density at radius 3 is 2.75 bits per heavy atom. The van der Waals surface area contributed by atoms with Crippen LogP contribution in [0.5, 0.6) is 0 Å². The molecule has 0 aliphatic rings. The van der Waals surface area contributed by atoms with Gasteiger partial charge in [-0.2, -0.15) is 0 Å². The van der Waals surface area contributed by atoms with Crippen molar-refractivity contribution in [2.75, 3.05) is 6.61 Å². The zero-order valence-corrected chi connectivity index (χ0v) is 9.43. The first-order valence-corrected chi connectivity index (χ1v) is 5.20. The smallest absolute Gasteiger partial charge is 0.339 e. The molecular weight excluding hydrogens is 210 g/mol. The van der Waals surface area contributed by atoms with E-state index < -0.39 is 5.97 Å². The highest BCUT2D eigenvalue weighted by molar-refractivity contribution is 5.88. The van der Waals surface area contributed by atoms with Gasteiger partial charge in [-0.15, -0.1) is 0 Å². The minimum atomic E-state index is -1.00. The lowest BCUT2D eigenvalue weighted by Gasteiger charge is -2.19. The minimum absolute atomic E-state index is 0.0147. The van der Waals surface area contributed by atoms with Crippen molar-refractivity contribution in [3.05, 3.63) is 23.7 Å². The highest BCUT2D eigenvalue weighted by atomic mass is 16.4. The highest BCUT2D eigenvalue weighted by Crippen LogP contribution is 2.11. The fraction of sp³-hybridized carbons (Fsp3) is 0.545. The molecule has 1 atom stereocenters. The van der Waals surface area contributed by atoms with E-state index in [-0.39, 0.29) is 24.1 Å².